The fraction of sp³-hybridized carbons (Fsp3) is 0.444. The summed E-state index contributed by atoms with van der Waals surface area (Å²) >= 11 is 0. The molecule has 0 aromatic heterocycles. The molecule has 1 aromatic rings. The van der Waals surface area contributed by atoms with Gasteiger partial charge in [0.2, 0.25) is 5.91 Å². The number of aliphatic carboxylic acids is 1. The van der Waals surface area contributed by atoms with E-state index in [9.17, 15) is 9.59 Å². The predicted octanol–water partition coefficient (Wildman–Crippen LogP) is 3.04. The lowest BCUT2D eigenvalue weighted by Crippen LogP contribution is -2.32. The van der Waals surface area contributed by atoms with E-state index in [-0.39, 0.29) is 18.9 Å². The Morgan fingerprint density at radius 2 is 1.83 bits per heavy atom. The van der Waals surface area contributed by atoms with Crippen molar-refractivity contribution in [1.29, 1.82) is 0 Å². The molecule has 5 heteroatoms. The zero-order valence-corrected chi connectivity index (χ0v) is 14.3. The molecule has 5 nitrogen and oxygen atoms in total. The number of benzene rings is 1. The van der Waals surface area contributed by atoms with Gasteiger partial charge in [0.25, 0.3) is 0 Å². The molecular formula is C18H25NO4. The van der Waals surface area contributed by atoms with E-state index in [2.05, 4.69) is 0 Å². The fourth-order valence-electron chi connectivity index (χ4n) is 2.41. The van der Waals surface area contributed by atoms with Crippen molar-refractivity contribution in [1.82, 2.24) is 4.90 Å². The Morgan fingerprint density at radius 1 is 1.22 bits per heavy atom. The minimum atomic E-state index is -0.898. The first-order valence-corrected chi connectivity index (χ1v) is 7.73. The highest BCUT2D eigenvalue weighted by Crippen LogP contribution is 2.22. The van der Waals surface area contributed by atoms with Crippen molar-refractivity contribution in [3.8, 4) is 5.75 Å². The lowest BCUT2D eigenvalue weighted by Gasteiger charge is -2.19. The fourth-order valence-corrected chi connectivity index (χ4v) is 2.41. The summed E-state index contributed by atoms with van der Waals surface area (Å²) in [7, 11) is 1.62. The van der Waals surface area contributed by atoms with Gasteiger partial charge >= 0.3 is 5.97 Å². The second-order valence-electron chi connectivity index (χ2n) is 5.48. The van der Waals surface area contributed by atoms with Crippen molar-refractivity contribution in [3.05, 3.63) is 34.9 Å². The first-order chi connectivity index (χ1) is 10.9. The molecule has 0 unspecified atom stereocenters. The lowest BCUT2D eigenvalue weighted by molar-refractivity contribution is -0.138. The number of ether oxygens (including phenoxy) is 1. The van der Waals surface area contributed by atoms with Crippen molar-refractivity contribution in [3.63, 3.8) is 0 Å². The van der Waals surface area contributed by atoms with Crippen LogP contribution in [-0.4, -0.2) is 42.1 Å². The van der Waals surface area contributed by atoms with Crippen LogP contribution in [0.4, 0.5) is 0 Å². The van der Waals surface area contributed by atoms with Crippen LogP contribution in [0.15, 0.2) is 18.2 Å². The summed E-state index contributed by atoms with van der Waals surface area (Å²) in [6, 6.07) is 3.84. The van der Waals surface area contributed by atoms with Gasteiger partial charge in [-0.2, -0.15) is 0 Å². The van der Waals surface area contributed by atoms with Crippen LogP contribution in [0.3, 0.4) is 0 Å². The molecule has 1 rings (SSSR count). The molecule has 0 bridgehead atoms. The number of nitrogens with zero attached hydrogens (tertiary/aromatic N) is 1. The number of rotatable bonds is 8. The number of amides is 1. The minimum absolute atomic E-state index is 0.0415. The predicted molar refractivity (Wildman–Crippen MR) is 90.6 cm³/mol. The summed E-state index contributed by atoms with van der Waals surface area (Å²) in [6.07, 6.45) is 4.05. The molecule has 1 N–H and O–H groups in total. The van der Waals surface area contributed by atoms with Crippen LogP contribution in [-0.2, 0) is 9.59 Å². The van der Waals surface area contributed by atoms with Gasteiger partial charge in [-0.3, -0.25) is 9.59 Å². The van der Waals surface area contributed by atoms with Crippen molar-refractivity contribution in [2.24, 2.45) is 0 Å². The molecule has 0 spiro atoms. The average Bonchev–Trinajstić information content (AvgIpc) is 2.49. The minimum Gasteiger partial charge on any atom is -0.497 e. The van der Waals surface area contributed by atoms with Gasteiger partial charge in [0.1, 0.15) is 5.75 Å². The molecule has 0 saturated heterocycles. The van der Waals surface area contributed by atoms with Gasteiger partial charge in [-0.1, -0.05) is 6.92 Å². The maximum Gasteiger partial charge on any atom is 0.305 e. The highest BCUT2D eigenvalue weighted by molar-refractivity contribution is 5.92. The van der Waals surface area contributed by atoms with Crippen molar-refractivity contribution >= 4 is 18.0 Å². The maximum absolute atomic E-state index is 12.3. The summed E-state index contributed by atoms with van der Waals surface area (Å²) in [6.45, 7) is 6.67. The maximum atomic E-state index is 12.3. The second kappa shape index (κ2) is 8.98. The molecule has 0 aliphatic heterocycles. The number of carbonyl (C=O) groups is 2. The van der Waals surface area contributed by atoms with Crippen molar-refractivity contribution in [2.75, 3.05) is 20.2 Å². The van der Waals surface area contributed by atoms with Crippen LogP contribution < -0.4 is 4.74 Å². The second-order valence-corrected chi connectivity index (χ2v) is 5.48. The largest absolute Gasteiger partial charge is 0.497 e. The van der Waals surface area contributed by atoms with Gasteiger partial charge in [0.05, 0.1) is 13.5 Å². The number of hydrogen-bond donors (Lipinski definition) is 1. The number of hydrogen-bond acceptors (Lipinski definition) is 3. The van der Waals surface area contributed by atoms with E-state index in [0.29, 0.717) is 6.54 Å². The average molecular weight is 319 g/mol. The Morgan fingerprint density at radius 3 is 2.30 bits per heavy atom. The van der Waals surface area contributed by atoms with Gasteiger partial charge in [0, 0.05) is 19.2 Å². The third-order valence-corrected chi connectivity index (χ3v) is 3.60. The number of carboxylic acids is 1. The Bertz CT molecular complexity index is 570. The van der Waals surface area contributed by atoms with Gasteiger partial charge in [-0.05, 0) is 55.2 Å². The summed E-state index contributed by atoms with van der Waals surface area (Å²) in [5.74, 6) is -0.273. The normalized spacial score (nSPS) is 10.8. The van der Waals surface area contributed by atoms with E-state index in [1.165, 1.54) is 6.08 Å². The topological polar surface area (TPSA) is 66.8 Å². The van der Waals surface area contributed by atoms with Crippen molar-refractivity contribution < 1.29 is 19.4 Å². The first kappa shape index (κ1) is 18.7. The number of carbonyl (C=O) groups excluding carboxylic acids is 1. The van der Waals surface area contributed by atoms with E-state index in [1.54, 1.807) is 18.1 Å². The van der Waals surface area contributed by atoms with Gasteiger partial charge in [-0.15, -0.1) is 0 Å². The van der Waals surface area contributed by atoms with Crippen LogP contribution >= 0.6 is 0 Å². The molecule has 0 aliphatic carbocycles. The smallest absolute Gasteiger partial charge is 0.305 e. The Kier molecular flexibility index (Phi) is 7.32. The molecule has 126 valence electrons. The molecular weight excluding hydrogens is 294 g/mol. The molecule has 0 atom stereocenters. The van der Waals surface area contributed by atoms with Crippen LogP contribution in [0, 0.1) is 13.8 Å². The third-order valence-electron chi connectivity index (χ3n) is 3.60. The van der Waals surface area contributed by atoms with Gasteiger partial charge in [-0.25, -0.2) is 0 Å². The number of aryl methyl sites for hydroxylation is 2. The number of methoxy groups -OCH3 is 1. The van der Waals surface area contributed by atoms with Crippen LogP contribution in [0.2, 0.25) is 0 Å². The molecule has 0 heterocycles. The van der Waals surface area contributed by atoms with E-state index in [4.69, 9.17) is 9.84 Å². The van der Waals surface area contributed by atoms with E-state index >= 15 is 0 Å². The SMILES string of the molecule is CCCN(CCC(=O)O)C(=O)/C=C/c1c(C)cc(OC)cc1C. The molecule has 0 radical (unpaired) electrons. The summed E-state index contributed by atoms with van der Waals surface area (Å²) in [5, 5.41) is 8.77. The molecule has 0 fully saturated rings. The first-order valence-electron chi connectivity index (χ1n) is 7.73. The molecule has 0 aliphatic rings. The monoisotopic (exact) mass is 319 g/mol. The van der Waals surface area contributed by atoms with Crippen LogP contribution in [0.1, 0.15) is 36.5 Å². The van der Waals surface area contributed by atoms with E-state index in [1.807, 2.05) is 32.9 Å². The van der Waals surface area contributed by atoms with Crippen LogP contribution in [0.25, 0.3) is 6.08 Å². The third kappa shape index (κ3) is 5.77. The van der Waals surface area contributed by atoms with Gasteiger partial charge < -0.3 is 14.7 Å². The van der Waals surface area contributed by atoms with Crippen molar-refractivity contribution in [2.45, 2.75) is 33.6 Å². The highest BCUT2D eigenvalue weighted by atomic mass is 16.5. The Balaban J connectivity index is 2.89. The molecule has 23 heavy (non-hydrogen) atoms. The quantitative estimate of drug-likeness (QED) is 0.748. The molecule has 1 amide bonds. The Hall–Kier alpha value is -2.30. The Labute approximate surface area is 137 Å². The highest BCUT2D eigenvalue weighted by Gasteiger charge is 2.12. The zero-order chi connectivity index (χ0) is 17.4. The molecule has 1 aromatic carbocycles. The summed E-state index contributed by atoms with van der Waals surface area (Å²) in [4.78, 5) is 24.5. The van der Waals surface area contributed by atoms with E-state index < -0.39 is 5.97 Å². The molecule has 0 saturated carbocycles. The number of carboxylic acid groups (broad SMARTS) is 1. The zero-order valence-electron chi connectivity index (χ0n) is 14.3. The van der Waals surface area contributed by atoms with Crippen LogP contribution in [0.5, 0.6) is 5.75 Å². The summed E-state index contributed by atoms with van der Waals surface area (Å²) < 4.78 is 5.23. The van der Waals surface area contributed by atoms with Gasteiger partial charge in [0.15, 0.2) is 0 Å². The van der Waals surface area contributed by atoms with E-state index in [0.717, 1.165) is 28.9 Å². The summed E-state index contributed by atoms with van der Waals surface area (Å²) in [5.41, 5.74) is 3.03. The standard InChI is InChI=1S/C18H25NO4/c1-5-9-19(10-8-18(21)22)17(20)7-6-16-13(2)11-15(23-4)12-14(16)3/h6-7,11-12H,5,8-10H2,1-4H3,(H,21,22)/b7-6+. The lowest BCUT2D eigenvalue weighted by atomic mass is 10.0.